The van der Waals surface area contributed by atoms with Crippen molar-refractivity contribution in [2.45, 2.75) is 65.1 Å². The maximum Gasteiger partial charge on any atom is 0.326 e. The fourth-order valence-electron chi connectivity index (χ4n) is 2.53. The minimum atomic E-state index is -1.12. The number of nitrogens with two attached hydrogens (primary N) is 1. The Morgan fingerprint density at radius 2 is 1.52 bits per heavy atom. The first-order chi connectivity index (χ1) is 13.6. The summed E-state index contributed by atoms with van der Waals surface area (Å²) in [5.41, 5.74) is 5.76. The summed E-state index contributed by atoms with van der Waals surface area (Å²) >= 11 is 1.57. The number of carbonyl (C=O) groups excluding carboxylic acids is 3. The smallest absolute Gasteiger partial charge is 0.326 e. The van der Waals surface area contributed by atoms with Crippen molar-refractivity contribution >= 4 is 35.5 Å². The van der Waals surface area contributed by atoms with E-state index in [-0.39, 0.29) is 18.4 Å². The summed E-state index contributed by atoms with van der Waals surface area (Å²) in [4.78, 5) is 48.3. The summed E-state index contributed by atoms with van der Waals surface area (Å²) in [5, 5.41) is 17.0. The van der Waals surface area contributed by atoms with Crippen LogP contribution >= 0.6 is 11.8 Å². The van der Waals surface area contributed by atoms with Crippen LogP contribution in [0, 0.1) is 11.8 Å². The molecule has 0 radical (unpaired) electrons. The number of hydrogen-bond donors (Lipinski definition) is 5. The molecule has 29 heavy (non-hydrogen) atoms. The van der Waals surface area contributed by atoms with E-state index in [9.17, 15) is 24.3 Å². The van der Waals surface area contributed by atoms with Crippen LogP contribution in [0.15, 0.2) is 0 Å². The number of thioether (sulfide) groups is 1. The first-order valence-corrected chi connectivity index (χ1v) is 11.3. The molecule has 9 nitrogen and oxygen atoms in total. The van der Waals surface area contributed by atoms with E-state index in [1.54, 1.807) is 25.6 Å². The molecule has 0 aliphatic carbocycles. The lowest BCUT2D eigenvalue weighted by molar-refractivity contribution is -0.144. The molecule has 0 aromatic carbocycles. The van der Waals surface area contributed by atoms with Gasteiger partial charge in [-0.05, 0) is 30.3 Å². The summed E-state index contributed by atoms with van der Waals surface area (Å²) in [7, 11) is 0. The van der Waals surface area contributed by atoms with Crippen molar-refractivity contribution in [3.63, 3.8) is 0 Å². The first-order valence-electron chi connectivity index (χ1n) is 9.93. The number of aliphatic carboxylic acids is 1. The van der Waals surface area contributed by atoms with Crippen LogP contribution in [0.5, 0.6) is 0 Å². The summed E-state index contributed by atoms with van der Waals surface area (Å²) in [6.07, 6.45) is 3.60. The third kappa shape index (κ3) is 9.98. The zero-order chi connectivity index (χ0) is 22.6. The maximum absolute atomic E-state index is 12.7. The summed E-state index contributed by atoms with van der Waals surface area (Å²) < 4.78 is 0. The summed E-state index contributed by atoms with van der Waals surface area (Å²) in [5.74, 6) is -2.38. The van der Waals surface area contributed by atoms with Crippen LogP contribution in [-0.4, -0.2) is 65.5 Å². The lowest BCUT2D eigenvalue weighted by Gasteiger charge is -2.27. The van der Waals surface area contributed by atoms with Crippen LogP contribution in [0.3, 0.4) is 0 Å². The van der Waals surface area contributed by atoms with Crippen LogP contribution in [0.4, 0.5) is 0 Å². The number of carbonyl (C=O) groups is 4. The van der Waals surface area contributed by atoms with E-state index in [1.807, 2.05) is 20.1 Å². The Morgan fingerprint density at radius 3 is 2.00 bits per heavy atom. The van der Waals surface area contributed by atoms with Gasteiger partial charge in [-0.2, -0.15) is 11.8 Å². The van der Waals surface area contributed by atoms with Gasteiger partial charge in [-0.1, -0.05) is 40.5 Å². The molecular formula is C19H36N4O5S. The molecule has 0 spiro atoms. The molecule has 0 aromatic rings. The number of rotatable bonds is 14. The second-order valence-electron chi connectivity index (χ2n) is 7.25. The minimum Gasteiger partial charge on any atom is -0.480 e. The zero-order valence-electron chi connectivity index (χ0n) is 18.0. The molecule has 6 N–H and O–H groups in total. The highest BCUT2D eigenvalue weighted by Gasteiger charge is 2.31. The molecule has 0 saturated heterocycles. The predicted molar refractivity (Wildman–Crippen MR) is 114 cm³/mol. The topological polar surface area (TPSA) is 151 Å². The Labute approximate surface area is 177 Å². The molecule has 168 valence electrons. The van der Waals surface area contributed by atoms with Crippen molar-refractivity contribution in [3.05, 3.63) is 0 Å². The number of amides is 3. The van der Waals surface area contributed by atoms with Crippen LogP contribution in [-0.2, 0) is 19.2 Å². The van der Waals surface area contributed by atoms with Crippen LogP contribution < -0.4 is 21.7 Å². The van der Waals surface area contributed by atoms with E-state index in [0.29, 0.717) is 19.3 Å². The van der Waals surface area contributed by atoms with Crippen molar-refractivity contribution in [1.82, 2.24) is 16.0 Å². The van der Waals surface area contributed by atoms with Crippen molar-refractivity contribution in [3.8, 4) is 0 Å². The third-order valence-corrected chi connectivity index (χ3v) is 5.63. The molecular weight excluding hydrogens is 396 g/mol. The molecule has 5 atom stereocenters. The Hall–Kier alpha value is -1.81. The molecule has 0 fully saturated rings. The van der Waals surface area contributed by atoms with Gasteiger partial charge < -0.3 is 26.8 Å². The van der Waals surface area contributed by atoms with E-state index in [0.717, 1.165) is 5.75 Å². The Bertz CT molecular complexity index is 561. The lowest BCUT2D eigenvalue weighted by atomic mass is 9.95. The highest BCUT2D eigenvalue weighted by molar-refractivity contribution is 7.98. The molecule has 0 heterocycles. The summed E-state index contributed by atoms with van der Waals surface area (Å²) in [6.45, 7) is 6.94. The van der Waals surface area contributed by atoms with E-state index in [4.69, 9.17) is 5.73 Å². The zero-order valence-corrected chi connectivity index (χ0v) is 18.8. The Balaban J connectivity index is 4.94. The van der Waals surface area contributed by atoms with E-state index >= 15 is 0 Å². The fraction of sp³-hybridized carbons (Fsp3) is 0.789. The van der Waals surface area contributed by atoms with Crippen molar-refractivity contribution < 1.29 is 24.3 Å². The van der Waals surface area contributed by atoms with E-state index in [2.05, 4.69) is 16.0 Å². The van der Waals surface area contributed by atoms with Crippen LogP contribution in [0.1, 0.15) is 47.0 Å². The molecule has 0 bridgehead atoms. The number of carboxylic acid groups (broad SMARTS) is 1. The monoisotopic (exact) mass is 432 g/mol. The largest absolute Gasteiger partial charge is 0.480 e. The fourth-order valence-corrected chi connectivity index (χ4v) is 3.02. The third-order valence-electron chi connectivity index (χ3n) is 4.98. The van der Waals surface area contributed by atoms with E-state index in [1.165, 1.54) is 0 Å². The molecule has 0 aromatic heterocycles. The second-order valence-corrected chi connectivity index (χ2v) is 8.23. The Kier molecular flexibility index (Phi) is 13.3. The van der Waals surface area contributed by atoms with Crippen molar-refractivity contribution in [2.24, 2.45) is 17.6 Å². The normalized spacial score (nSPS) is 16.1. The van der Waals surface area contributed by atoms with Gasteiger partial charge in [0.05, 0.1) is 12.6 Å². The highest BCUT2D eigenvalue weighted by atomic mass is 32.2. The number of nitrogens with one attached hydrogen (secondary N) is 3. The van der Waals surface area contributed by atoms with E-state index < -0.39 is 41.8 Å². The average Bonchev–Trinajstić information content (AvgIpc) is 2.70. The van der Waals surface area contributed by atoms with Gasteiger partial charge in [-0.15, -0.1) is 0 Å². The first kappa shape index (κ1) is 27.2. The van der Waals surface area contributed by atoms with Gasteiger partial charge in [-0.25, -0.2) is 4.79 Å². The van der Waals surface area contributed by atoms with Gasteiger partial charge in [0.25, 0.3) is 0 Å². The maximum atomic E-state index is 12.7. The highest BCUT2D eigenvalue weighted by Crippen LogP contribution is 2.12. The lowest BCUT2D eigenvalue weighted by Crippen LogP contribution is -2.56. The van der Waals surface area contributed by atoms with Gasteiger partial charge in [0.2, 0.25) is 17.7 Å². The SMILES string of the molecule is CCC(C)C(NC(=O)C(NC(=O)CNC(=O)C(N)CCSC)C(C)CC)C(=O)O. The minimum absolute atomic E-state index is 0.218. The second kappa shape index (κ2) is 14.2. The van der Waals surface area contributed by atoms with Gasteiger partial charge in [0, 0.05) is 0 Å². The van der Waals surface area contributed by atoms with Crippen molar-refractivity contribution in [2.75, 3.05) is 18.6 Å². The van der Waals surface area contributed by atoms with Gasteiger partial charge in [-0.3, -0.25) is 14.4 Å². The van der Waals surface area contributed by atoms with Crippen molar-refractivity contribution in [1.29, 1.82) is 0 Å². The average molecular weight is 433 g/mol. The van der Waals surface area contributed by atoms with Gasteiger partial charge >= 0.3 is 5.97 Å². The molecule has 0 aliphatic heterocycles. The molecule has 3 amide bonds. The number of carboxylic acids is 1. The molecule has 0 saturated carbocycles. The predicted octanol–water partition coefficient (Wildman–Crippen LogP) is 0.329. The number of hydrogen-bond acceptors (Lipinski definition) is 6. The van der Waals surface area contributed by atoms with Crippen LogP contribution in [0.2, 0.25) is 0 Å². The summed E-state index contributed by atoms with van der Waals surface area (Å²) in [6, 6.07) is -2.64. The molecule has 0 rings (SSSR count). The standard InChI is InChI=1S/C19H36N4O5S/c1-6-11(3)15(18(26)23-16(19(27)28)12(4)7-2)22-14(24)10-21-17(25)13(20)8-9-29-5/h11-13,15-16H,6-10,20H2,1-5H3,(H,21,25)(H,22,24)(H,23,26)(H,27,28). The molecule has 10 heteroatoms. The molecule has 0 aliphatic rings. The quantitative estimate of drug-likeness (QED) is 0.265. The van der Waals surface area contributed by atoms with Gasteiger partial charge in [0.15, 0.2) is 0 Å². The Morgan fingerprint density at radius 1 is 0.966 bits per heavy atom. The molecule has 5 unspecified atom stereocenters. The van der Waals surface area contributed by atoms with Crippen LogP contribution in [0.25, 0.3) is 0 Å². The van der Waals surface area contributed by atoms with Gasteiger partial charge in [0.1, 0.15) is 12.1 Å².